The van der Waals surface area contributed by atoms with Gasteiger partial charge in [-0.15, -0.1) is 0 Å². The van der Waals surface area contributed by atoms with Crippen molar-refractivity contribution in [1.82, 2.24) is 0 Å². The molecule has 0 aliphatic rings. The van der Waals surface area contributed by atoms with E-state index in [0.717, 1.165) is 21.9 Å². The monoisotopic (exact) mass is 202 g/mol. The smallest absolute Gasteiger partial charge is 0.190 e. The average molecular weight is 202 g/mol. The van der Waals surface area contributed by atoms with E-state index in [4.69, 9.17) is 21.1 Å². The van der Waals surface area contributed by atoms with Crippen molar-refractivity contribution < 1.29 is 8.83 Å². The molecular weight excluding hydrogens is 196 g/mol. The van der Waals surface area contributed by atoms with Gasteiger partial charge >= 0.3 is 0 Å². The van der Waals surface area contributed by atoms with Crippen molar-refractivity contribution >= 4 is 34.2 Å². The molecule has 0 aliphatic carbocycles. The molecule has 3 rings (SSSR count). The third kappa shape index (κ3) is 0.992. The highest BCUT2D eigenvalue weighted by molar-refractivity contribution is 7.71. The van der Waals surface area contributed by atoms with E-state index in [0.29, 0.717) is 4.71 Å². The first-order valence-electron chi connectivity index (χ1n) is 4.25. The predicted octanol–water partition coefficient (Wildman–Crippen LogP) is 3.91. The van der Waals surface area contributed by atoms with Crippen LogP contribution in [-0.4, -0.2) is 0 Å². The summed E-state index contributed by atoms with van der Waals surface area (Å²) in [5.74, 6) is 0. The molecule has 0 fully saturated rings. The quantitative estimate of drug-likeness (QED) is 0.517. The molecule has 0 bridgehead atoms. The summed E-state index contributed by atoms with van der Waals surface area (Å²) < 4.78 is 11.2. The van der Waals surface area contributed by atoms with Crippen LogP contribution >= 0.6 is 12.2 Å². The molecule has 2 nitrogen and oxygen atoms in total. The highest BCUT2D eigenvalue weighted by Crippen LogP contribution is 2.25. The zero-order valence-electron chi connectivity index (χ0n) is 7.19. The number of hydrogen-bond donors (Lipinski definition) is 0. The second kappa shape index (κ2) is 2.69. The summed E-state index contributed by atoms with van der Waals surface area (Å²) in [5.41, 5.74) is 1.66. The summed E-state index contributed by atoms with van der Waals surface area (Å²) in [6, 6.07) is 9.42. The lowest BCUT2D eigenvalue weighted by Gasteiger charge is -1.96. The molecule has 0 amide bonds. The molecule has 3 aromatic rings. The molecule has 0 unspecified atom stereocenters. The molecule has 0 N–H and O–H groups in total. The van der Waals surface area contributed by atoms with Crippen LogP contribution < -0.4 is 0 Å². The van der Waals surface area contributed by atoms with Gasteiger partial charge in [0.1, 0.15) is 11.2 Å². The summed E-state index contributed by atoms with van der Waals surface area (Å²) >= 11 is 4.95. The first kappa shape index (κ1) is 7.76. The Bertz CT molecular complexity index is 663. The van der Waals surface area contributed by atoms with Crippen LogP contribution in [0.3, 0.4) is 0 Å². The molecule has 0 radical (unpaired) electrons. The molecule has 0 saturated carbocycles. The summed E-state index contributed by atoms with van der Waals surface area (Å²) in [6.45, 7) is 0. The second-order valence-electron chi connectivity index (χ2n) is 3.06. The van der Waals surface area contributed by atoms with Gasteiger partial charge in [0, 0.05) is 10.8 Å². The van der Waals surface area contributed by atoms with Crippen molar-refractivity contribution in [2.24, 2.45) is 0 Å². The molecular formula is C11H6O2S. The summed E-state index contributed by atoms with van der Waals surface area (Å²) in [5, 5.41) is 2.09. The minimum atomic E-state index is 0.500. The first-order valence-corrected chi connectivity index (χ1v) is 4.65. The highest BCUT2D eigenvalue weighted by atomic mass is 32.1. The molecule has 68 valence electrons. The van der Waals surface area contributed by atoms with Crippen molar-refractivity contribution in [2.45, 2.75) is 0 Å². The van der Waals surface area contributed by atoms with Crippen LogP contribution in [0.2, 0.25) is 0 Å². The second-order valence-corrected chi connectivity index (χ2v) is 3.47. The Hall–Kier alpha value is -1.61. The zero-order chi connectivity index (χ0) is 9.54. The van der Waals surface area contributed by atoms with Crippen LogP contribution in [0, 0.1) is 4.71 Å². The maximum atomic E-state index is 5.41. The van der Waals surface area contributed by atoms with Crippen LogP contribution in [0.15, 0.2) is 45.4 Å². The number of fused-ring (bicyclic) bond motifs is 3. The minimum absolute atomic E-state index is 0.500. The number of hydrogen-bond acceptors (Lipinski definition) is 3. The maximum absolute atomic E-state index is 5.41. The molecule has 14 heavy (non-hydrogen) atoms. The van der Waals surface area contributed by atoms with Crippen LogP contribution in [0.25, 0.3) is 21.9 Å². The predicted molar refractivity (Wildman–Crippen MR) is 56.8 cm³/mol. The first-order chi connectivity index (χ1) is 6.84. The standard InChI is InChI=1S/C11H6O2S/c14-11-4-1-7-8-5-6-12-9(8)2-3-10(7)13-11/h1-6H. The van der Waals surface area contributed by atoms with Gasteiger partial charge in [0.2, 0.25) is 0 Å². The van der Waals surface area contributed by atoms with Crippen LogP contribution in [-0.2, 0) is 0 Å². The van der Waals surface area contributed by atoms with E-state index in [-0.39, 0.29) is 0 Å². The van der Waals surface area contributed by atoms with Crippen molar-refractivity contribution in [3.63, 3.8) is 0 Å². The molecule has 3 heteroatoms. The third-order valence-electron chi connectivity index (χ3n) is 2.23. The SMILES string of the molecule is S=c1ccc2c(ccc3occc32)o1. The topological polar surface area (TPSA) is 26.3 Å². The van der Waals surface area contributed by atoms with Crippen molar-refractivity contribution in [3.05, 3.63) is 41.3 Å². The van der Waals surface area contributed by atoms with E-state index < -0.39 is 0 Å². The van der Waals surface area contributed by atoms with Gasteiger partial charge in [0.25, 0.3) is 0 Å². The Morgan fingerprint density at radius 1 is 0.857 bits per heavy atom. The van der Waals surface area contributed by atoms with E-state index >= 15 is 0 Å². The molecule has 2 heterocycles. The lowest BCUT2D eigenvalue weighted by Crippen LogP contribution is -1.72. The Morgan fingerprint density at radius 2 is 1.64 bits per heavy atom. The maximum Gasteiger partial charge on any atom is 0.190 e. The Labute approximate surface area is 84.8 Å². The lowest BCUT2D eigenvalue weighted by molar-refractivity contribution is 0.586. The summed E-state index contributed by atoms with van der Waals surface area (Å²) in [4.78, 5) is 0. The minimum Gasteiger partial charge on any atom is -0.464 e. The van der Waals surface area contributed by atoms with E-state index in [1.54, 1.807) is 12.3 Å². The lowest BCUT2D eigenvalue weighted by atomic mass is 10.1. The van der Waals surface area contributed by atoms with E-state index in [2.05, 4.69) is 0 Å². The van der Waals surface area contributed by atoms with Gasteiger partial charge in [-0.25, -0.2) is 0 Å². The highest BCUT2D eigenvalue weighted by Gasteiger charge is 2.03. The molecule has 0 saturated heterocycles. The Balaban J connectivity index is 2.63. The normalized spacial score (nSPS) is 11.1. The Kier molecular flexibility index (Phi) is 1.49. The molecule has 0 atom stereocenters. The van der Waals surface area contributed by atoms with Crippen molar-refractivity contribution in [1.29, 1.82) is 0 Å². The number of furan rings is 1. The van der Waals surface area contributed by atoms with Crippen LogP contribution in [0.5, 0.6) is 0 Å². The van der Waals surface area contributed by atoms with Gasteiger partial charge in [0.05, 0.1) is 6.26 Å². The van der Waals surface area contributed by atoms with Crippen LogP contribution in [0.4, 0.5) is 0 Å². The van der Waals surface area contributed by atoms with Crippen LogP contribution in [0.1, 0.15) is 0 Å². The van der Waals surface area contributed by atoms with Gasteiger partial charge in [0.15, 0.2) is 4.71 Å². The van der Waals surface area contributed by atoms with Gasteiger partial charge in [-0.3, -0.25) is 0 Å². The Morgan fingerprint density at radius 3 is 2.57 bits per heavy atom. The van der Waals surface area contributed by atoms with Gasteiger partial charge in [-0.05, 0) is 42.5 Å². The van der Waals surface area contributed by atoms with Gasteiger partial charge < -0.3 is 8.83 Å². The average Bonchev–Trinajstić information content (AvgIpc) is 2.65. The summed E-state index contributed by atoms with van der Waals surface area (Å²) in [7, 11) is 0. The molecule has 2 aromatic heterocycles. The molecule has 0 spiro atoms. The fourth-order valence-corrected chi connectivity index (χ4v) is 1.76. The fourth-order valence-electron chi connectivity index (χ4n) is 1.60. The third-order valence-corrected chi connectivity index (χ3v) is 2.45. The van der Waals surface area contributed by atoms with Gasteiger partial charge in [-0.2, -0.15) is 0 Å². The van der Waals surface area contributed by atoms with Crippen molar-refractivity contribution in [2.75, 3.05) is 0 Å². The molecule has 1 aromatic carbocycles. The number of rotatable bonds is 0. The van der Waals surface area contributed by atoms with Gasteiger partial charge in [-0.1, -0.05) is 0 Å². The van der Waals surface area contributed by atoms with Crippen molar-refractivity contribution in [3.8, 4) is 0 Å². The van der Waals surface area contributed by atoms with E-state index in [9.17, 15) is 0 Å². The summed E-state index contributed by atoms with van der Waals surface area (Å²) in [6.07, 6.45) is 1.67. The number of benzene rings is 1. The fraction of sp³-hybridized carbons (Fsp3) is 0. The van der Waals surface area contributed by atoms with E-state index in [1.807, 2.05) is 24.3 Å². The van der Waals surface area contributed by atoms with E-state index in [1.165, 1.54) is 0 Å². The largest absolute Gasteiger partial charge is 0.464 e. The zero-order valence-corrected chi connectivity index (χ0v) is 8.01. The molecule has 0 aliphatic heterocycles.